The predicted octanol–water partition coefficient (Wildman–Crippen LogP) is 10.3. The van der Waals surface area contributed by atoms with Crippen LogP contribution in [0.4, 0.5) is 0 Å². The van der Waals surface area contributed by atoms with E-state index in [1.807, 2.05) is 24.3 Å². The van der Waals surface area contributed by atoms with Crippen molar-refractivity contribution in [3.63, 3.8) is 0 Å². The fourth-order valence-electron chi connectivity index (χ4n) is 6.54. The van der Waals surface area contributed by atoms with Crippen molar-refractivity contribution in [2.75, 3.05) is 0 Å². The first-order chi connectivity index (χ1) is 21.3. The summed E-state index contributed by atoms with van der Waals surface area (Å²) in [5.41, 5.74) is 11.1. The summed E-state index contributed by atoms with van der Waals surface area (Å²) in [5, 5.41) is 5.12. The van der Waals surface area contributed by atoms with Gasteiger partial charge in [-0.15, -0.1) is 0 Å². The van der Waals surface area contributed by atoms with Gasteiger partial charge in [0.25, 0.3) is 0 Å². The zero-order valence-electron chi connectivity index (χ0n) is 23.3. The number of benzene rings is 6. The van der Waals surface area contributed by atoms with E-state index in [2.05, 4.69) is 132 Å². The Balaban J connectivity index is 1.26. The molecule has 0 N–H and O–H groups in total. The second kappa shape index (κ2) is 9.37. The third-order valence-electron chi connectivity index (χ3n) is 8.52. The highest BCUT2D eigenvalue weighted by molar-refractivity contribution is 6.24. The Morgan fingerprint density at radius 1 is 0.349 bits per heavy atom. The summed E-state index contributed by atoms with van der Waals surface area (Å²) in [6.45, 7) is 0. The Morgan fingerprint density at radius 2 is 0.860 bits per heavy atom. The second-order valence-electron chi connectivity index (χ2n) is 11.1. The maximum absolute atomic E-state index is 5.07. The van der Waals surface area contributed by atoms with Gasteiger partial charge in [-0.2, -0.15) is 0 Å². The third-order valence-corrected chi connectivity index (χ3v) is 8.52. The van der Waals surface area contributed by atoms with Crippen molar-refractivity contribution in [1.29, 1.82) is 0 Å². The fraction of sp³-hybridized carbons (Fsp3) is 0. The normalized spacial score (nSPS) is 11.7. The molecular formula is C40H25N3. The van der Waals surface area contributed by atoms with E-state index in [0.29, 0.717) is 0 Å². The smallest absolute Gasteiger partial charge is 0.160 e. The van der Waals surface area contributed by atoms with E-state index in [4.69, 9.17) is 9.97 Å². The van der Waals surface area contributed by atoms with Crippen molar-refractivity contribution in [3.8, 4) is 45.0 Å². The van der Waals surface area contributed by atoms with Gasteiger partial charge < -0.3 is 4.40 Å². The van der Waals surface area contributed by atoms with Gasteiger partial charge in [-0.3, -0.25) is 0 Å². The van der Waals surface area contributed by atoms with Crippen molar-refractivity contribution in [3.05, 3.63) is 152 Å². The van der Waals surface area contributed by atoms with Gasteiger partial charge in [0, 0.05) is 38.2 Å². The van der Waals surface area contributed by atoms with Crippen molar-refractivity contribution >= 4 is 38.1 Å². The van der Waals surface area contributed by atoms with E-state index in [9.17, 15) is 0 Å². The van der Waals surface area contributed by atoms with E-state index in [1.165, 1.54) is 43.7 Å². The topological polar surface area (TPSA) is 30.2 Å². The minimum absolute atomic E-state index is 0.723. The third kappa shape index (κ3) is 3.75. The molecule has 200 valence electrons. The molecule has 6 aromatic carbocycles. The highest BCUT2D eigenvalue weighted by Gasteiger charge is 2.19. The fourth-order valence-corrected chi connectivity index (χ4v) is 6.54. The lowest BCUT2D eigenvalue weighted by molar-refractivity contribution is 1.18. The monoisotopic (exact) mass is 547 g/mol. The molecule has 0 aliphatic heterocycles. The molecule has 9 rings (SSSR count). The van der Waals surface area contributed by atoms with Gasteiger partial charge in [-0.1, -0.05) is 115 Å². The summed E-state index contributed by atoms with van der Waals surface area (Å²) in [4.78, 5) is 10.0. The molecule has 0 radical (unpaired) electrons. The zero-order chi connectivity index (χ0) is 28.3. The number of fused-ring (bicyclic) bond motifs is 6. The number of nitrogens with zero attached hydrogens (tertiary/aromatic N) is 3. The van der Waals surface area contributed by atoms with Gasteiger partial charge in [-0.25, -0.2) is 9.97 Å². The molecule has 0 saturated carbocycles. The standard InChI is InChI=1S/C40H25N3/c1-3-12-26(13-4-1)35-25-36(42-40(41-35)27-14-5-2-6-15-27)29-17-11-16-28(22-29)30-23-33-31-18-7-9-20-37(31)43-38-21-10-8-19-32(38)34(24-30)39(33)43/h1-25H. The van der Waals surface area contributed by atoms with Crippen LogP contribution in [0, 0.1) is 0 Å². The highest BCUT2D eigenvalue weighted by atomic mass is 14.9. The Kier molecular flexibility index (Phi) is 5.20. The molecule has 0 amide bonds. The van der Waals surface area contributed by atoms with Crippen molar-refractivity contribution in [2.24, 2.45) is 0 Å². The maximum atomic E-state index is 5.07. The zero-order valence-corrected chi connectivity index (χ0v) is 23.3. The Morgan fingerprint density at radius 3 is 1.51 bits per heavy atom. The molecular weight excluding hydrogens is 522 g/mol. The maximum Gasteiger partial charge on any atom is 0.160 e. The van der Waals surface area contributed by atoms with Crippen LogP contribution in [0.1, 0.15) is 0 Å². The lowest BCUT2D eigenvalue weighted by Crippen LogP contribution is -1.96. The lowest BCUT2D eigenvalue weighted by Gasteiger charge is -2.11. The summed E-state index contributed by atoms with van der Waals surface area (Å²) in [6.07, 6.45) is 0. The summed E-state index contributed by atoms with van der Waals surface area (Å²) >= 11 is 0. The minimum atomic E-state index is 0.723. The largest absolute Gasteiger partial charge is 0.308 e. The van der Waals surface area contributed by atoms with E-state index < -0.39 is 0 Å². The molecule has 0 atom stereocenters. The summed E-state index contributed by atoms with van der Waals surface area (Å²) in [6, 6.07) is 53.6. The number of rotatable bonds is 4. The first-order valence-electron chi connectivity index (χ1n) is 14.6. The summed E-state index contributed by atoms with van der Waals surface area (Å²) in [7, 11) is 0. The van der Waals surface area contributed by atoms with Crippen LogP contribution in [-0.4, -0.2) is 14.4 Å². The van der Waals surface area contributed by atoms with Crippen LogP contribution < -0.4 is 0 Å². The molecule has 0 aliphatic rings. The lowest BCUT2D eigenvalue weighted by atomic mass is 9.97. The first-order valence-corrected chi connectivity index (χ1v) is 14.6. The van der Waals surface area contributed by atoms with E-state index in [1.54, 1.807) is 0 Å². The van der Waals surface area contributed by atoms with Crippen LogP contribution in [0.2, 0.25) is 0 Å². The molecule has 3 heterocycles. The van der Waals surface area contributed by atoms with Crippen molar-refractivity contribution in [1.82, 2.24) is 14.4 Å². The van der Waals surface area contributed by atoms with Gasteiger partial charge in [-0.05, 0) is 47.5 Å². The van der Waals surface area contributed by atoms with Crippen LogP contribution in [0.3, 0.4) is 0 Å². The van der Waals surface area contributed by atoms with E-state index in [0.717, 1.165) is 39.5 Å². The summed E-state index contributed by atoms with van der Waals surface area (Å²) in [5.74, 6) is 0.723. The van der Waals surface area contributed by atoms with E-state index >= 15 is 0 Å². The molecule has 3 aromatic heterocycles. The van der Waals surface area contributed by atoms with Crippen LogP contribution in [0.15, 0.2) is 152 Å². The van der Waals surface area contributed by atoms with Crippen LogP contribution in [0.25, 0.3) is 83.1 Å². The SMILES string of the molecule is c1ccc(-c2cc(-c3cccc(-c4cc5c6ccccc6n6c7ccccc7c(c4)c56)c3)nc(-c3ccccc3)n2)cc1. The van der Waals surface area contributed by atoms with Crippen molar-refractivity contribution < 1.29 is 0 Å². The molecule has 0 saturated heterocycles. The quantitative estimate of drug-likeness (QED) is 0.219. The average Bonchev–Trinajstić information content (AvgIpc) is 3.61. The molecule has 0 fully saturated rings. The Bertz CT molecular complexity index is 2300. The molecule has 0 bridgehead atoms. The van der Waals surface area contributed by atoms with Gasteiger partial charge in [0.15, 0.2) is 5.82 Å². The average molecular weight is 548 g/mol. The molecule has 0 aliphatic carbocycles. The summed E-state index contributed by atoms with van der Waals surface area (Å²) < 4.78 is 2.42. The molecule has 9 aromatic rings. The number of aromatic nitrogens is 3. The molecule has 3 nitrogen and oxygen atoms in total. The molecule has 3 heteroatoms. The van der Waals surface area contributed by atoms with Crippen LogP contribution in [-0.2, 0) is 0 Å². The highest BCUT2D eigenvalue weighted by Crippen LogP contribution is 2.42. The molecule has 43 heavy (non-hydrogen) atoms. The van der Waals surface area contributed by atoms with Crippen LogP contribution >= 0.6 is 0 Å². The number of hydrogen-bond acceptors (Lipinski definition) is 2. The molecule has 0 spiro atoms. The van der Waals surface area contributed by atoms with Gasteiger partial charge in [0.2, 0.25) is 0 Å². The number of hydrogen-bond donors (Lipinski definition) is 0. The van der Waals surface area contributed by atoms with Gasteiger partial charge >= 0.3 is 0 Å². The number of para-hydroxylation sites is 2. The molecule has 0 unspecified atom stereocenters. The van der Waals surface area contributed by atoms with Crippen molar-refractivity contribution in [2.45, 2.75) is 0 Å². The van der Waals surface area contributed by atoms with Crippen LogP contribution in [0.5, 0.6) is 0 Å². The second-order valence-corrected chi connectivity index (χ2v) is 11.1. The first kappa shape index (κ1) is 23.9. The van der Waals surface area contributed by atoms with Gasteiger partial charge in [0.05, 0.1) is 27.9 Å². The Hall–Kier alpha value is -5.80. The Labute approximate surface area is 248 Å². The van der Waals surface area contributed by atoms with E-state index in [-0.39, 0.29) is 0 Å². The predicted molar refractivity (Wildman–Crippen MR) is 178 cm³/mol. The minimum Gasteiger partial charge on any atom is -0.308 e. The van der Waals surface area contributed by atoms with Gasteiger partial charge in [0.1, 0.15) is 0 Å².